The van der Waals surface area contributed by atoms with Gasteiger partial charge in [0.25, 0.3) is 0 Å². The van der Waals surface area contributed by atoms with Crippen molar-refractivity contribution in [3.63, 3.8) is 0 Å². The summed E-state index contributed by atoms with van der Waals surface area (Å²) in [6.07, 6.45) is -2.77. The molecule has 2 heterocycles. The first-order chi connectivity index (χ1) is 10.7. The minimum absolute atomic E-state index is 0.0376. The van der Waals surface area contributed by atoms with Crippen LogP contribution in [0, 0.1) is 0 Å². The number of aromatic nitrogens is 1. The van der Waals surface area contributed by atoms with E-state index in [1.54, 1.807) is 0 Å². The fraction of sp³-hybridized carbons (Fsp3) is 0.462. The van der Waals surface area contributed by atoms with Crippen molar-refractivity contribution in [2.45, 2.75) is 18.2 Å². The number of pyridine rings is 1. The van der Waals surface area contributed by atoms with Crippen LogP contribution in [0.2, 0.25) is 0 Å². The first kappa shape index (κ1) is 17.5. The number of alkyl halides is 3. The van der Waals surface area contributed by atoms with Gasteiger partial charge in [0.05, 0.1) is 25.6 Å². The summed E-state index contributed by atoms with van der Waals surface area (Å²) >= 11 is 5.38. The third-order valence-corrected chi connectivity index (χ3v) is 3.69. The molecule has 0 radical (unpaired) electrons. The van der Waals surface area contributed by atoms with Crippen LogP contribution in [0.4, 0.5) is 23.7 Å². The van der Waals surface area contributed by atoms with Crippen LogP contribution >= 0.6 is 11.6 Å². The van der Waals surface area contributed by atoms with Gasteiger partial charge >= 0.3 is 17.5 Å². The van der Waals surface area contributed by atoms with Crippen molar-refractivity contribution in [3.8, 4) is 0 Å². The molecule has 1 aromatic heterocycles. The third-order valence-electron chi connectivity index (χ3n) is 3.49. The maximum Gasteiger partial charge on any atom is 0.421 e. The van der Waals surface area contributed by atoms with Crippen LogP contribution in [0.5, 0.6) is 0 Å². The van der Waals surface area contributed by atoms with Crippen LogP contribution in [0.15, 0.2) is 18.5 Å². The Morgan fingerprint density at radius 3 is 2.57 bits per heavy atom. The summed E-state index contributed by atoms with van der Waals surface area (Å²) in [6, 6.07) is 1.07. The van der Waals surface area contributed by atoms with E-state index in [1.807, 2.05) is 0 Å². The average Bonchev–Trinajstić information content (AvgIpc) is 2.41. The second kappa shape index (κ2) is 6.32. The van der Waals surface area contributed by atoms with Crippen molar-refractivity contribution >= 4 is 28.6 Å². The molecule has 1 saturated heterocycles. The number of ether oxygens (including phenoxy) is 2. The molecule has 0 spiro atoms. The number of carbonyl (C=O) groups is 2. The number of rotatable bonds is 4. The quantitative estimate of drug-likeness (QED) is 0.473. The predicted octanol–water partition coefficient (Wildman–Crippen LogP) is 2.60. The van der Waals surface area contributed by atoms with Gasteiger partial charge in [-0.25, -0.2) is 0 Å². The molecule has 0 N–H and O–H groups in total. The lowest BCUT2D eigenvalue weighted by molar-refractivity contribution is -0.333. The Bertz CT molecular complexity index is 619. The van der Waals surface area contributed by atoms with Crippen LogP contribution in [-0.2, 0) is 19.9 Å². The molecule has 1 aliphatic rings. The van der Waals surface area contributed by atoms with Gasteiger partial charge in [0.1, 0.15) is 6.54 Å². The summed E-state index contributed by atoms with van der Waals surface area (Å²) in [4.78, 5) is 27.2. The number of hydrogen-bond donors (Lipinski definition) is 0. The van der Waals surface area contributed by atoms with Crippen molar-refractivity contribution < 1.29 is 32.2 Å². The summed E-state index contributed by atoms with van der Waals surface area (Å²) < 4.78 is 49.0. The summed E-state index contributed by atoms with van der Waals surface area (Å²) in [6.45, 7) is -0.589. The first-order valence-electron chi connectivity index (χ1n) is 6.41. The van der Waals surface area contributed by atoms with E-state index in [9.17, 15) is 22.8 Å². The fourth-order valence-electron chi connectivity index (χ4n) is 2.17. The van der Waals surface area contributed by atoms with E-state index in [2.05, 4.69) is 9.72 Å². The standard InChI is InChI=1S/C13H12ClF3N2O4/c1-22-10(20)7-19(11(14)21)9-4-8(5-18-6-9)12(2-3-23-12)13(15,16)17/h4-6H,2-3,7H2,1H3. The van der Waals surface area contributed by atoms with Crippen LogP contribution in [-0.4, -0.2) is 42.8 Å². The largest absolute Gasteiger partial charge is 0.468 e. The highest BCUT2D eigenvalue weighted by Gasteiger charge is 2.61. The van der Waals surface area contributed by atoms with Gasteiger partial charge < -0.3 is 9.47 Å². The summed E-state index contributed by atoms with van der Waals surface area (Å²) in [5.41, 5.74) is -2.78. The number of anilines is 1. The first-order valence-corrected chi connectivity index (χ1v) is 6.79. The highest BCUT2D eigenvalue weighted by Crippen LogP contribution is 2.50. The SMILES string of the molecule is COC(=O)CN(C(=O)Cl)c1cncc(C2(C(F)(F)F)CCO2)c1. The van der Waals surface area contributed by atoms with Gasteiger partial charge in [-0.15, -0.1) is 0 Å². The second-order valence-corrected chi connectivity index (χ2v) is 5.09. The molecule has 23 heavy (non-hydrogen) atoms. The Morgan fingerprint density at radius 1 is 1.48 bits per heavy atom. The van der Waals surface area contributed by atoms with E-state index in [0.717, 1.165) is 30.5 Å². The molecular weight excluding hydrogens is 341 g/mol. The Morgan fingerprint density at radius 2 is 2.13 bits per heavy atom. The average molecular weight is 353 g/mol. The van der Waals surface area contributed by atoms with Gasteiger partial charge in [0.15, 0.2) is 5.60 Å². The molecule has 1 amide bonds. The van der Waals surface area contributed by atoms with Crippen LogP contribution < -0.4 is 4.90 Å². The summed E-state index contributed by atoms with van der Waals surface area (Å²) in [5.74, 6) is -0.783. The number of esters is 1. The molecule has 1 atom stereocenters. The van der Waals surface area contributed by atoms with Crippen LogP contribution in [0.3, 0.4) is 0 Å². The van der Waals surface area contributed by atoms with E-state index >= 15 is 0 Å². The monoisotopic (exact) mass is 352 g/mol. The molecular formula is C13H12ClF3N2O4. The van der Waals surface area contributed by atoms with Crippen molar-refractivity contribution in [2.24, 2.45) is 0 Å². The molecule has 0 bridgehead atoms. The number of carbonyl (C=O) groups excluding carboxylic acids is 2. The smallest absolute Gasteiger partial charge is 0.421 e. The molecule has 6 nitrogen and oxygen atoms in total. The van der Waals surface area contributed by atoms with E-state index in [0.29, 0.717) is 0 Å². The zero-order chi connectivity index (χ0) is 17.3. The molecule has 0 aliphatic carbocycles. The van der Waals surface area contributed by atoms with Crippen molar-refractivity contribution in [2.75, 3.05) is 25.2 Å². The lowest BCUT2D eigenvalue weighted by Crippen LogP contribution is -2.52. The summed E-state index contributed by atoms with van der Waals surface area (Å²) in [5, 5.41) is -1.05. The van der Waals surface area contributed by atoms with Gasteiger partial charge in [-0.3, -0.25) is 19.5 Å². The zero-order valence-corrected chi connectivity index (χ0v) is 12.6. The van der Waals surface area contributed by atoms with Gasteiger partial charge in [-0.05, 0) is 17.7 Å². The normalized spacial score (nSPS) is 20.6. The van der Waals surface area contributed by atoms with E-state index in [1.165, 1.54) is 0 Å². The number of halogens is 4. The minimum atomic E-state index is -4.64. The van der Waals surface area contributed by atoms with Crippen LogP contribution in [0.25, 0.3) is 0 Å². The molecule has 1 aromatic rings. The molecule has 0 aromatic carbocycles. The Labute approximate surface area is 134 Å². The zero-order valence-electron chi connectivity index (χ0n) is 11.9. The third kappa shape index (κ3) is 3.25. The second-order valence-electron chi connectivity index (χ2n) is 4.77. The molecule has 2 rings (SSSR count). The molecule has 1 unspecified atom stereocenters. The highest BCUT2D eigenvalue weighted by atomic mass is 35.5. The van der Waals surface area contributed by atoms with Gasteiger partial charge in [-0.1, -0.05) is 0 Å². The molecule has 1 fully saturated rings. The number of amides is 1. The Balaban J connectivity index is 2.38. The van der Waals surface area contributed by atoms with E-state index in [4.69, 9.17) is 16.3 Å². The Hall–Kier alpha value is -1.87. The van der Waals surface area contributed by atoms with Gasteiger partial charge in [-0.2, -0.15) is 13.2 Å². The van der Waals surface area contributed by atoms with Gasteiger partial charge in [0.2, 0.25) is 0 Å². The number of methoxy groups -OCH3 is 1. The molecule has 126 valence electrons. The van der Waals surface area contributed by atoms with Crippen molar-refractivity contribution in [3.05, 3.63) is 24.0 Å². The summed E-state index contributed by atoms with van der Waals surface area (Å²) in [7, 11) is 1.11. The lowest BCUT2D eigenvalue weighted by atomic mass is 9.86. The Kier molecular flexibility index (Phi) is 4.81. The minimum Gasteiger partial charge on any atom is -0.468 e. The molecule has 1 aliphatic heterocycles. The molecule has 0 saturated carbocycles. The predicted molar refractivity (Wildman–Crippen MR) is 73.2 cm³/mol. The topological polar surface area (TPSA) is 68.7 Å². The van der Waals surface area contributed by atoms with Crippen molar-refractivity contribution in [1.82, 2.24) is 4.98 Å². The van der Waals surface area contributed by atoms with E-state index in [-0.39, 0.29) is 24.3 Å². The van der Waals surface area contributed by atoms with E-state index < -0.39 is 29.7 Å². The number of nitrogens with zero attached hydrogens (tertiary/aromatic N) is 2. The fourth-order valence-corrected chi connectivity index (χ4v) is 2.32. The lowest BCUT2D eigenvalue weighted by Gasteiger charge is -2.43. The van der Waals surface area contributed by atoms with Gasteiger partial charge in [0, 0.05) is 18.2 Å². The van der Waals surface area contributed by atoms with Crippen molar-refractivity contribution in [1.29, 1.82) is 0 Å². The maximum atomic E-state index is 13.3. The molecule has 10 heteroatoms. The highest BCUT2D eigenvalue weighted by molar-refractivity contribution is 6.66. The maximum absolute atomic E-state index is 13.3. The number of hydrogen-bond acceptors (Lipinski definition) is 5. The van der Waals surface area contributed by atoms with Crippen LogP contribution in [0.1, 0.15) is 12.0 Å².